The highest BCUT2D eigenvalue weighted by molar-refractivity contribution is 14.0. The SMILES string of the molecule is CN=C(NCc1ccon1)N1CCN(Cc2ccc(Cl)cc2)C(=O)C1.I. The summed E-state index contributed by atoms with van der Waals surface area (Å²) in [5.74, 6) is 0.757. The van der Waals surface area contributed by atoms with Crippen molar-refractivity contribution in [3.8, 4) is 0 Å². The van der Waals surface area contributed by atoms with Crippen molar-refractivity contribution in [1.82, 2.24) is 20.3 Å². The van der Waals surface area contributed by atoms with Crippen LogP contribution in [0.3, 0.4) is 0 Å². The van der Waals surface area contributed by atoms with Gasteiger partial charge < -0.3 is 19.6 Å². The van der Waals surface area contributed by atoms with Gasteiger partial charge in [0.1, 0.15) is 12.0 Å². The molecule has 0 bridgehead atoms. The first-order valence-electron chi connectivity index (χ1n) is 8.03. The highest BCUT2D eigenvalue weighted by Gasteiger charge is 2.26. The zero-order valence-electron chi connectivity index (χ0n) is 14.4. The van der Waals surface area contributed by atoms with Crippen LogP contribution in [0.15, 0.2) is 46.1 Å². The predicted octanol–water partition coefficient (Wildman–Crippen LogP) is 2.37. The summed E-state index contributed by atoms with van der Waals surface area (Å²) in [6.45, 7) is 2.76. The van der Waals surface area contributed by atoms with Gasteiger partial charge in [-0.3, -0.25) is 9.79 Å². The predicted molar refractivity (Wildman–Crippen MR) is 111 cm³/mol. The van der Waals surface area contributed by atoms with E-state index in [1.54, 1.807) is 13.1 Å². The van der Waals surface area contributed by atoms with E-state index in [0.29, 0.717) is 37.2 Å². The maximum atomic E-state index is 12.5. The van der Waals surface area contributed by atoms with E-state index in [4.69, 9.17) is 16.1 Å². The van der Waals surface area contributed by atoms with Gasteiger partial charge in [0.05, 0.1) is 13.1 Å². The van der Waals surface area contributed by atoms with Crippen molar-refractivity contribution in [1.29, 1.82) is 0 Å². The van der Waals surface area contributed by atoms with E-state index in [0.717, 1.165) is 17.8 Å². The molecule has 1 N–H and O–H groups in total. The van der Waals surface area contributed by atoms with E-state index < -0.39 is 0 Å². The molecule has 2 heterocycles. The Morgan fingerprint density at radius 3 is 2.69 bits per heavy atom. The van der Waals surface area contributed by atoms with E-state index in [1.807, 2.05) is 34.1 Å². The average molecular weight is 490 g/mol. The lowest BCUT2D eigenvalue weighted by Gasteiger charge is -2.36. The fraction of sp³-hybridized carbons (Fsp3) is 0.353. The molecule has 1 fully saturated rings. The number of guanidine groups is 1. The number of benzene rings is 1. The summed E-state index contributed by atoms with van der Waals surface area (Å²) in [4.78, 5) is 20.5. The molecule has 1 aromatic heterocycles. The van der Waals surface area contributed by atoms with Crippen molar-refractivity contribution in [3.05, 3.63) is 52.9 Å². The van der Waals surface area contributed by atoms with Crippen LogP contribution in [-0.2, 0) is 17.9 Å². The summed E-state index contributed by atoms with van der Waals surface area (Å²) in [6, 6.07) is 9.36. The molecule has 1 aliphatic rings. The third-order valence-corrected chi connectivity index (χ3v) is 4.29. The number of halogens is 2. The number of piperazine rings is 1. The van der Waals surface area contributed by atoms with Gasteiger partial charge >= 0.3 is 0 Å². The molecule has 0 radical (unpaired) electrons. The number of aromatic nitrogens is 1. The molecule has 1 saturated heterocycles. The summed E-state index contributed by atoms with van der Waals surface area (Å²) in [5, 5.41) is 7.75. The molecule has 3 rings (SSSR count). The minimum Gasteiger partial charge on any atom is -0.364 e. The van der Waals surface area contributed by atoms with E-state index >= 15 is 0 Å². The van der Waals surface area contributed by atoms with Crippen LogP contribution >= 0.6 is 35.6 Å². The number of carbonyl (C=O) groups excluding carboxylic acids is 1. The van der Waals surface area contributed by atoms with Crippen LogP contribution in [0.2, 0.25) is 5.02 Å². The van der Waals surface area contributed by atoms with Crippen molar-refractivity contribution in [2.24, 2.45) is 4.99 Å². The highest BCUT2D eigenvalue weighted by Crippen LogP contribution is 2.13. The van der Waals surface area contributed by atoms with E-state index in [9.17, 15) is 4.79 Å². The van der Waals surface area contributed by atoms with Crippen molar-refractivity contribution >= 4 is 47.4 Å². The quantitative estimate of drug-likeness (QED) is 0.406. The second kappa shape index (κ2) is 9.77. The van der Waals surface area contributed by atoms with Gasteiger partial charge in [0.25, 0.3) is 0 Å². The summed E-state index contributed by atoms with van der Waals surface area (Å²) in [5.41, 5.74) is 1.86. The highest BCUT2D eigenvalue weighted by atomic mass is 127. The normalized spacial score (nSPS) is 15.0. The van der Waals surface area contributed by atoms with Crippen molar-refractivity contribution in [3.63, 3.8) is 0 Å². The number of hydrogen-bond acceptors (Lipinski definition) is 4. The number of nitrogens with zero attached hydrogens (tertiary/aromatic N) is 4. The van der Waals surface area contributed by atoms with Crippen LogP contribution in [0.1, 0.15) is 11.3 Å². The van der Waals surface area contributed by atoms with Crippen LogP contribution in [0, 0.1) is 0 Å². The fourth-order valence-electron chi connectivity index (χ4n) is 2.70. The number of rotatable bonds is 4. The molecule has 0 spiro atoms. The number of amides is 1. The smallest absolute Gasteiger partial charge is 0.242 e. The van der Waals surface area contributed by atoms with Gasteiger partial charge in [-0.2, -0.15) is 0 Å². The van der Waals surface area contributed by atoms with Crippen molar-refractivity contribution < 1.29 is 9.32 Å². The Kier molecular flexibility index (Phi) is 7.70. The third-order valence-electron chi connectivity index (χ3n) is 4.04. The first kappa shape index (κ1) is 20.5. The second-order valence-electron chi connectivity index (χ2n) is 5.75. The molecule has 140 valence electrons. The minimum absolute atomic E-state index is 0. The largest absolute Gasteiger partial charge is 0.364 e. The molecule has 26 heavy (non-hydrogen) atoms. The van der Waals surface area contributed by atoms with Crippen molar-refractivity contribution in [2.45, 2.75) is 13.1 Å². The first-order valence-corrected chi connectivity index (χ1v) is 8.40. The van der Waals surface area contributed by atoms with Gasteiger partial charge in [0, 0.05) is 37.8 Å². The van der Waals surface area contributed by atoms with Gasteiger partial charge in [-0.1, -0.05) is 28.9 Å². The molecule has 7 nitrogen and oxygen atoms in total. The maximum absolute atomic E-state index is 12.5. The molecule has 0 aliphatic carbocycles. The Morgan fingerprint density at radius 1 is 1.31 bits per heavy atom. The van der Waals surface area contributed by atoms with E-state index in [-0.39, 0.29) is 29.9 Å². The van der Waals surface area contributed by atoms with Gasteiger partial charge in [-0.25, -0.2) is 0 Å². The topological polar surface area (TPSA) is 74.0 Å². The molecule has 9 heteroatoms. The monoisotopic (exact) mass is 489 g/mol. The molecule has 1 aliphatic heterocycles. The molecule has 1 amide bonds. The molecule has 0 saturated carbocycles. The Bertz CT molecular complexity index is 736. The molecular formula is C17H21ClIN5O2. The van der Waals surface area contributed by atoms with Crippen LogP contribution in [-0.4, -0.2) is 53.5 Å². The van der Waals surface area contributed by atoms with Crippen LogP contribution < -0.4 is 5.32 Å². The Hall–Kier alpha value is -1.81. The standard InChI is InChI=1S/C17H20ClN5O2.HI/c1-19-17(20-10-15-6-9-25-21-15)23-8-7-22(16(24)12-23)11-13-2-4-14(18)5-3-13;/h2-6,9H,7-8,10-12H2,1H3,(H,19,20);1H. The zero-order valence-corrected chi connectivity index (χ0v) is 17.5. The number of hydrogen-bond donors (Lipinski definition) is 1. The summed E-state index contributed by atoms with van der Waals surface area (Å²) in [7, 11) is 1.70. The van der Waals surface area contributed by atoms with Crippen LogP contribution in [0.5, 0.6) is 0 Å². The Morgan fingerprint density at radius 2 is 2.08 bits per heavy atom. The maximum Gasteiger partial charge on any atom is 0.242 e. The van der Waals surface area contributed by atoms with Gasteiger partial charge in [-0.15, -0.1) is 24.0 Å². The fourth-order valence-corrected chi connectivity index (χ4v) is 2.82. The first-order chi connectivity index (χ1) is 12.2. The summed E-state index contributed by atoms with van der Waals surface area (Å²) < 4.78 is 4.81. The van der Waals surface area contributed by atoms with Crippen LogP contribution in [0.25, 0.3) is 0 Å². The molecule has 2 aromatic rings. The number of aliphatic imine (C=N–C) groups is 1. The van der Waals surface area contributed by atoms with Crippen LogP contribution in [0.4, 0.5) is 0 Å². The zero-order chi connectivity index (χ0) is 17.6. The lowest BCUT2D eigenvalue weighted by atomic mass is 10.2. The molecule has 0 atom stereocenters. The average Bonchev–Trinajstić information content (AvgIpc) is 3.13. The Balaban J connectivity index is 0.00000243. The van der Waals surface area contributed by atoms with Gasteiger partial charge in [0.2, 0.25) is 5.91 Å². The summed E-state index contributed by atoms with van der Waals surface area (Å²) >= 11 is 5.90. The molecule has 0 unspecified atom stereocenters. The number of carbonyl (C=O) groups is 1. The minimum atomic E-state index is 0. The second-order valence-corrected chi connectivity index (χ2v) is 6.19. The number of nitrogens with one attached hydrogen (secondary N) is 1. The molecule has 1 aromatic carbocycles. The van der Waals surface area contributed by atoms with Gasteiger partial charge in [-0.05, 0) is 17.7 Å². The Labute approximate surface area is 174 Å². The lowest BCUT2D eigenvalue weighted by molar-refractivity contribution is -0.135. The molecular weight excluding hydrogens is 469 g/mol. The van der Waals surface area contributed by atoms with Gasteiger partial charge in [0.15, 0.2) is 5.96 Å². The van der Waals surface area contributed by atoms with E-state index in [1.165, 1.54) is 6.26 Å². The lowest BCUT2D eigenvalue weighted by Crippen LogP contribution is -2.54. The van der Waals surface area contributed by atoms with Crippen molar-refractivity contribution in [2.75, 3.05) is 26.7 Å². The summed E-state index contributed by atoms with van der Waals surface area (Å²) in [6.07, 6.45) is 1.53. The van der Waals surface area contributed by atoms with E-state index in [2.05, 4.69) is 15.5 Å². The third kappa shape index (κ3) is 5.34.